The van der Waals surface area contributed by atoms with Crippen LogP contribution in [0.1, 0.15) is 476 Å². The molecule has 2 unspecified atom stereocenters. The van der Waals surface area contributed by atoms with Crippen molar-refractivity contribution >= 4 is 17.9 Å². The SMILES string of the molecule is CC/C=C\C/C=C\C/C=C\C/C=C\C/C=C\CCCCCCCCCCCCCCCCCCCCCCCCCCCC(=O)OC(COC(=O)CCCCCCCCCCCCCCCCCCCCCCCCCCCCCCC/C=C\CCCCCCCCCC)COC(OCC[N+](C)(C)C)C(=O)O. The molecule has 626 valence electrons. The molecule has 0 rings (SSSR count). The first-order valence-corrected chi connectivity index (χ1v) is 47.1. The first-order valence-electron chi connectivity index (χ1n) is 47.1. The Balaban J connectivity index is 3.87. The number of nitrogens with zero attached hydrogens (tertiary/aromatic N) is 1. The molecule has 9 nitrogen and oxygen atoms in total. The van der Waals surface area contributed by atoms with E-state index in [1.165, 1.54) is 379 Å². The third kappa shape index (κ3) is 89.8. The number of carbonyl (C=O) groups is 3. The first-order chi connectivity index (χ1) is 52.6. The van der Waals surface area contributed by atoms with E-state index in [1.54, 1.807) is 0 Å². The van der Waals surface area contributed by atoms with Crippen LogP contribution >= 0.6 is 0 Å². The number of aliphatic carboxylic acids is 1. The summed E-state index contributed by atoms with van der Waals surface area (Å²) in [5.74, 6) is -1.97. The van der Waals surface area contributed by atoms with Crippen LogP contribution in [0.25, 0.3) is 0 Å². The Kier molecular flexibility index (Phi) is 85.6. The number of ether oxygens (including phenoxy) is 4. The number of carbonyl (C=O) groups excluding carboxylic acids is 2. The van der Waals surface area contributed by atoms with Gasteiger partial charge in [-0.15, -0.1) is 0 Å². The smallest absolute Gasteiger partial charge is 0.361 e. The Morgan fingerprint density at radius 1 is 0.290 bits per heavy atom. The van der Waals surface area contributed by atoms with Crippen molar-refractivity contribution in [2.75, 3.05) is 47.5 Å². The van der Waals surface area contributed by atoms with Gasteiger partial charge in [0.1, 0.15) is 13.2 Å². The van der Waals surface area contributed by atoms with Crippen molar-refractivity contribution in [2.45, 2.75) is 489 Å². The van der Waals surface area contributed by atoms with Crippen molar-refractivity contribution in [3.63, 3.8) is 0 Å². The van der Waals surface area contributed by atoms with E-state index in [4.69, 9.17) is 18.9 Å². The van der Waals surface area contributed by atoms with E-state index < -0.39 is 18.4 Å². The summed E-state index contributed by atoms with van der Waals surface area (Å²) in [6.07, 6.45) is 118. The highest BCUT2D eigenvalue weighted by molar-refractivity contribution is 5.71. The van der Waals surface area contributed by atoms with E-state index in [1.807, 2.05) is 21.1 Å². The Labute approximate surface area is 666 Å². The Hall–Kier alpha value is -3.27. The number of unbranched alkanes of at least 4 members (excludes halogenated alkanes) is 62. The molecule has 0 bridgehead atoms. The standard InChI is InChI=1S/C98H181NO8/c1-6-8-10-12-14-16-18-20-22-24-26-28-30-32-34-36-38-40-42-44-46-48-50-52-54-56-58-60-62-64-66-68-70-72-74-76-78-80-82-84-86-88-95(100)105-92-94(93-106-98(97(102)103)104-91-90-99(3,4)5)107-96(101)89-87-85-83-81-79-77-75-73-71-69-67-65-63-61-59-57-55-53-51-49-47-45-43-41-39-37-35-33-31-29-27-25-23-21-19-17-15-13-11-9-7-2/h9,11,15,17,21,23-24,26-27,29,33,35,94,98H,6-8,10,12-14,16,18-20,22,25,28,30-32,34,36-93H2,1-5H3/p+1/b11-9-,17-15-,23-21-,26-24-,29-27-,35-33-. The second-order valence-electron chi connectivity index (χ2n) is 33.3. The molecule has 0 saturated heterocycles. The van der Waals surface area contributed by atoms with E-state index in [-0.39, 0.29) is 38.2 Å². The van der Waals surface area contributed by atoms with E-state index in [0.717, 1.165) is 70.6 Å². The first kappa shape index (κ1) is 104. The summed E-state index contributed by atoms with van der Waals surface area (Å²) in [4.78, 5) is 37.9. The molecule has 0 amide bonds. The summed E-state index contributed by atoms with van der Waals surface area (Å²) >= 11 is 0. The number of rotatable bonds is 89. The van der Waals surface area contributed by atoms with Gasteiger partial charge in [0, 0.05) is 12.8 Å². The number of carboxylic acids is 1. The second kappa shape index (κ2) is 88.3. The van der Waals surface area contributed by atoms with Crippen molar-refractivity contribution in [2.24, 2.45) is 0 Å². The second-order valence-corrected chi connectivity index (χ2v) is 33.3. The summed E-state index contributed by atoms with van der Waals surface area (Å²) < 4.78 is 23.1. The zero-order valence-corrected chi connectivity index (χ0v) is 72.1. The van der Waals surface area contributed by atoms with Crippen molar-refractivity contribution in [3.8, 4) is 0 Å². The van der Waals surface area contributed by atoms with Crippen LogP contribution in [0.3, 0.4) is 0 Å². The molecule has 0 aliphatic rings. The van der Waals surface area contributed by atoms with Gasteiger partial charge in [0.05, 0.1) is 34.4 Å². The van der Waals surface area contributed by atoms with Crippen LogP contribution in [0.15, 0.2) is 72.9 Å². The van der Waals surface area contributed by atoms with Crippen LogP contribution in [0.5, 0.6) is 0 Å². The number of hydrogen-bond acceptors (Lipinski definition) is 7. The minimum absolute atomic E-state index is 0.176. The molecule has 107 heavy (non-hydrogen) atoms. The third-order valence-corrected chi connectivity index (χ3v) is 21.4. The molecule has 1 N–H and O–H groups in total. The molecule has 0 aromatic heterocycles. The molecule has 0 heterocycles. The van der Waals surface area contributed by atoms with Crippen LogP contribution in [-0.4, -0.2) is 87.4 Å². The van der Waals surface area contributed by atoms with E-state index in [9.17, 15) is 19.5 Å². The predicted octanol–water partition coefficient (Wildman–Crippen LogP) is 31.1. The highest BCUT2D eigenvalue weighted by Gasteiger charge is 2.25. The molecule has 9 heteroatoms. The molecule has 0 aliphatic heterocycles. The average Bonchev–Trinajstić information content (AvgIpc) is 0.965. The largest absolute Gasteiger partial charge is 0.477 e. The van der Waals surface area contributed by atoms with Gasteiger partial charge in [-0.3, -0.25) is 9.59 Å². The van der Waals surface area contributed by atoms with Crippen LogP contribution < -0.4 is 0 Å². The fourth-order valence-electron chi connectivity index (χ4n) is 14.3. The lowest BCUT2D eigenvalue weighted by Gasteiger charge is -2.25. The van der Waals surface area contributed by atoms with Crippen molar-refractivity contribution in [1.29, 1.82) is 0 Å². The maximum Gasteiger partial charge on any atom is 0.361 e. The van der Waals surface area contributed by atoms with E-state index in [0.29, 0.717) is 17.4 Å². The molecule has 0 aromatic rings. The highest BCUT2D eigenvalue weighted by atomic mass is 16.7. The lowest BCUT2D eigenvalue weighted by atomic mass is 10.0. The van der Waals surface area contributed by atoms with Gasteiger partial charge in [0.2, 0.25) is 0 Å². The average molecular weight is 1500 g/mol. The van der Waals surface area contributed by atoms with Gasteiger partial charge >= 0.3 is 17.9 Å². The lowest BCUT2D eigenvalue weighted by molar-refractivity contribution is -0.870. The summed E-state index contributed by atoms with van der Waals surface area (Å²) in [5, 5.41) is 9.80. The van der Waals surface area contributed by atoms with Gasteiger partial charge in [-0.25, -0.2) is 4.79 Å². The predicted molar refractivity (Wildman–Crippen MR) is 466 cm³/mol. The molecule has 0 radical (unpaired) electrons. The molecular weight excluding hydrogens is 1320 g/mol. The minimum atomic E-state index is -1.51. The van der Waals surface area contributed by atoms with Gasteiger partial charge in [0.25, 0.3) is 6.29 Å². The summed E-state index contributed by atoms with van der Waals surface area (Å²) in [5.41, 5.74) is 0. The van der Waals surface area contributed by atoms with Crippen molar-refractivity contribution in [1.82, 2.24) is 0 Å². The zero-order valence-electron chi connectivity index (χ0n) is 72.1. The minimum Gasteiger partial charge on any atom is -0.477 e. The molecule has 2 atom stereocenters. The summed E-state index contributed by atoms with van der Waals surface area (Å²) in [6, 6.07) is 0. The van der Waals surface area contributed by atoms with Gasteiger partial charge in [-0.2, -0.15) is 0 Å². The number of likely N-dealkylation sites (N-methyl/N-ethyl adjacent to an activating group) is 1. The summed E-state index contributed by atoms with van der Waals surface area (Å²) in [6.45, 7) is 4.84. The number of hydrogen-bond donors (Lipinski definition) is 1. The molecule has 0 aromatic carbocycles. The van der Waals surface area contributed by atoms with Crippen molar-refractivity contribution in [3.05, 3.63) is 72.9 Å². The maximum absolute atomic E-state index is 13.0. The monoisotopic (exact) mass is 1500 g/mol. The van der Waals surface area contributed by atoms with Gasteiger partial charge < -0.3 is 28.5 Å². The highest BCUT2D eigenvalue weighted by Crippen LogP contribution is 2.21. The summed E-state index contributed by atoms with van der Waals surface area (Å²) in [7, 11) is 6.01. The fraction of sp³-hybridized carbons (Fsp3) is 0.847. The maximum atomic E-state index is 13.0. The van der Waals surface area contributed by atoms with Crippen LogP contribution in [0, 0.1) is 0 Å². The van der Waals surface area contributed by atoms with Crippen molar-refractivity contribution < 1.29 is 42.9 Å². The molecule has 0 fully saturated rings. The van der Waals surface area contributed by atoms with Crippen LogP contribution in [-0.2, 0) is 33.3 Å². The van der Waals surface area contributed by atoms with Gasteiger partial charge in [-0.1, -0.05) is 453 Å². The molecular formula is C98H182NO8+. The Bertz CT molecular complexity index is 2000. The van der Waals surface area contributed by atoms with Crippen LogP contribution in [0.4, 0.5) is 0 Å². The van der Waals surface area contributed by atoms with Crippen LogP contribution in [0.2, 0.25) is 0 Å². The lowest BCUT2D eigenvalue weighted by Crippen LogP contribution is -2.40. The van der Waals surface area contributed by atoms with Gasteiger partial charge in [0.15, 0.2) is 6.10 Å². The number of quaternary nitrogens is 1. The van der Waals surface area contributed by atoms with E-state index >= 15 is 0 Å². The normalized spacial score (nSPS) is 12.9. The topological polar surface area (TPSA) is 108 Å². The molecule has 0 saturated carbocycles. The van der Waals surface area contributed by atoms with E-state index in [2.05, 4.69) is 86.8 Å². The molecule has 0 spiro atoms. The number of esters is 2. The quantitative estimate of drug-likeness (QED) is 0.0211. The third-order valence-electron chi connectivity index (χ3n) is 21.4. The number of allylic oxidation sites excluding steroid dienone is 12. The van der Waals surface area contributed by atoms with Gasteiger partial charge in [-0.05, 0) is 83.5 Å². The number of carboxylic acid groups (broad SMARTS) is 1. The zero-order chi connectivity index (χ0) is 77.4. The molecule has 0 aliphatic carbocycles. The Morgan fingerprint density at radius 2 is 0.533 bits per heavy atom. The fourth-order valence-corrected chi connectivity index (χ4v) is 14.3. The Morgan fingerprint density at radius 3 is 0.804 bits per heavy atom.